The summed E-state index contributed by atoms with van der Waals surface area (Å²) < 4.78 is 10.8. The fourth-order valence-electron chi connectivity index (χ4n) is 1.75. The molecular weight excluding hydrogens is 203 g/mol. The molecule has 3 nitrogen and oxygen atoms in total. The van der Waals surface area contributed by atoms with Gasteiger partial charge >= 0.3 is 0 Å². The second-order valence-electron chi connectivity index (χ2n) is 4.41. The third-order valence-electron chi connectivity index (χ3n) is 2.86. The van der Waals surface area contributed by atoms with Crippen LogP contribution < -0.4 is 9.47 Å². The van der Waals surface area contributed by atoms with Crippen molar-refractivity contribution in [1.82, 2.24) is 0 Å². The van der Waals surface area contributed by atoms with Crippen LogP contribution in [0.15, 0.2) is 18.2 Å². The maximum Gasteiger partial charge on any atom is 0.164 e. The van der Waals surface area contributed by atoms with Crippen molar-refractivity contribution in [2.24, 2.45) is 0 Å². The maximum atomic E-state index is 12.0. The van der Waals surface area contributed by atoms with E-state index in [4.69, 9.17) is 17.3 Å². The predicted octanol–water partition coefficient (Wildman–Crippen LogP) is 2.01. The Bertz CT molecular complexity index is 440. The first-order valence-electron chi connectivity index (χ1n) is 5.12. The number of carbonyl (C=O) groups excluding carboxylic acids is 1. The number of hydrogen-bond donors (Lipinski definition) is 0. The van der Waals surface area contributed by atoms with Crippen molar-refractivity contribution in [2.45, 2.75) is 25.3 Å². The third kappa shape index (κ3) is 1.58. The van der Waals surface area contributed by atoms with Crippen LogP contribution in [0.1, 0.15) is 24.2 Å². The summed E-state index contributed by atoms with van der Waals surface area (Å²) in [5.74, 6) is 0.483. The van der Waals surface area contributed by atoms with Crippen molar-refractivity contribution in [3.05, 3.63) is 23.8 Å². The first kappa shape index (κ1) is 11.1. The Labute approximate surface area is 96.2 Å². The van der Waals surface area contributed by atoms with Crippen molar-refractivity contribution in [3.63, 3.8) is 0 Å². The van der Waals surface area contributed by atoms with Crippen molar-refractivity contribution in [2.75, 3.05) is 7.11 Å². The van der Waals surface area contributed by atoms with E-state index in [0.29, 0.717) is 17.1 Å². The van der Waals surface area contributed by atoms with Gasteiger partial charge in [0.05, 0.1) is 20.5 Å². The lowest BCUT2D eigenvalue weighted by atomic mass is 9.69. The second kappa shape index (κ2) is 3.54. The largest absolute Gasteiger partial charge is 0.497 e. The van der Waals surface area contributed by atoms with Gasteiger partial charge in [0, 0.05) is 11.9 Å². The summed E-state index contributed by atoms with van der Waals surface area (Å²) in [6.45, 7) is 3.61. The molecule has 1 aliphatic heterocycles. The molecule has 2 radical (unpaired) electrons. The Kier molecular flexibility index (Phi) is 2.45. The minimum Gasteiger partial charge on any atom is -0.497 e. The highest BCUT2D eigenvalue weighted by molar-refractivity contribution is 6.29. The van der Waals surface area contributed by atoms with Gasteiger partial charge in [-0.05, 0) is 26.0 Å². The lowest BCUT2D eigenvalue weighted by Crippen LogP contribution is -2.42. The van der Waals surface area contributed by atoms with E-state index in [9.17, 15) is 4.79 Å². The Morgan fingerprint density at radius 3 is 2.75 bits per heavy atom. The van der Waals surface area contributed by atoms with E-state index in [1.54, 1.807) is 39.2 Å². The summed E-state index contributed by atoms with van der Waals surface area (Å²) in [4.78, 5) is 12.0. The van der Waals surface area contributed by atoms with Gasteiger partial charge in [-0.3, -0.25) is 4.79 Å². The van der Waals surface area contributed by atoms with Crippen molar-refractivity contribution < 1.29 is 14.3 Å². The minimum atomic E-state index is -0.684. The highest BCUT2D eigenvalue weighted by atomic mass is 16.5. The summed E-state index contributed by atoms with van der Waals surface area (Å²) in [5, 5.41) is 0. The lowest BCUT2D eigenvalue weighted by molar-refractivity contribution is 0.0624. The first-order chi connectivity index (χ1) is 7.45. The molecule has 1 heterocycles. The molecule has 1 unspecified atom stereocenters. The number of Topliss-reactive ketones (excluding diaryl/α,β-unsaturated/α-hetero) is 1. The van der Waals surface area contributed by atoms with Gasteiger partial charge in [-0.1, -0.05) is 0 Å². The topological polar surface area (TPSA) is 35.5 Å². The fraction of sp³-hybridized carbons (Fsp3) is 0.417. The van der Waals surface area contributed by atoms with Crippen molar-refractivity contribution in [3.8, 4) is 11.5 Å². The second-order valence-corrected chi connectivity index (χ2v) is 4.41. The SMILES string of the molecule is [B]C1C(=O)c2ccc(OC)cc2OC1(C)C. The Morgan fingerprint density at radius 2 is 2.12 bits per heavy atom. The third-order valence-corrected chi connectivity index (χ3v) is 2.86. The average Bonchev–Trinajstić information content (AvgIpc) is 2.25. The van der Waals surface area contributed by atoms with E-state index in [2.05, 4.69) is 0 Å². The van der Waals surface area contributed by atoms with Crippen LogP contribution in [-0.4, -0.2) is 26.3 Å². The van der Waals surface area contributed by atoms with E-state index in [1.807, 2.05) is 0 Å². The molecule has 1 atom stereocenters. The van der Waals surface area contributed by atoms with Crippen LogP contribution in [0.3, 0.4) is 0 Å². The van der Waals surface area contributed by atoms with Crippen molar-refractivity contribution >= 4 is 13.6 Å². The van der Waals surface area contributed by atoms with Crippen LogP contribution in [0.25, 0.3) is 0 Å². The summed E-state index contributed by atoms with van der Waals surface area (Å²) in [6, 6.07) is 5.12. The highest BCUT2D eigenvalue weighted by Gasteiger charge is 2.39. The number of ketones is 1. The van der Waals surface area contributed by atoms with Gasteiger partial charge in [-0.25, -0.2) is 0 Å². The number of methoxy groups -OCH3 is 1. The van der Waals surface area contributed by atoms with Crippen LogP contribution >= 0.6 is 0 Å². The van der Waals surface area contributed by atoms with Gasteiger partial charge in [0.2, 0.25) is 0 Å². The molecule has 1 aliphatic rings. The van der Waals surface area contributed by atoms with E-state index in [0.717, 1.165) is 0 Å². The quantitative estimate of drug-likeness (QED) is 0.673. The van der Waals surface area contributed by atoms with Crippen LogP contribution in [0.5, 0.6) is 11.5 Å². The molecule has 4 heteroatoms. The smallest absolute Gasteiger partial charge is 0.164 e. The molecule has 0 amide bonds. The average molecular weight is 216 g/mol. The van der Waals surface area contributed by atoms with Gasteiger partial charge in [0.25, 0.3) is 0 Å². The predicted molar refractivity (Wildman–Crippen MR) is 61.5 cm³/mol. The molecule has 1 aromatic carbocycles. The number of carbonyl (C=O) groups is 1. The minimum absolute atomic E-state index is 0.0890. The standard InChI is InChI=1S/C12H13BO3/c1-12(2)11(13)10(14)8-5-4-7(15-3)6-9(8)16-12/h4-6,11H,1-3H3. The normalized spacial score (nSPS) is 22.2. The number of hydrogen-bond acceptors (Lipinski definition) is 3. The Hall–Kier alpha value is -1.45. The van der Waals surface area contributed by atoms with E-state index in [1.165, 1.54) is 0 Å². The fourth-order valence-corrected chi connectivity index (χ4v) is 1.75. The van der Waals surface area contributed by atoms with E-state index < -0.39 is 11.4 Å². The molecule has 0 fully saturated rings. The van der Waals surface area contributed by atoms with Crippen LogP contribution in [0.4, 0.5) is 0 Å². The molecule has 0 bridgehead atoms. The number of benzene rings is 1. The highest BCUT2D eigenvalue weighted by Crippen LogP contribution is 2.40. The van der Waals surface area contributed by atoms with Crippen LogP contribution in [-0.2, 0) is 0 Å². The molecule has 1 aromatic rings. The summed E-state index contributed by atoms with van der Waals surface area (Å²) >= 11 is 0. The van der Waals surface area contributed by atoms with Gasteiger partial charge in [-0.2, -0.15) is 0 Å². The first-order valence-corrected chi connectivity index (χ1v) is 5.12. The van der Waals surface area contributed by atoms with Crippen molar-refractivity contribution in [1.29, 1.82) is 0 Å². The van der Waals surface area contributed by atoms with E-state index in [-0.39, 0.29) is 5.78 Å². The number of fused-ring (bicyclic) bond motifs is 1. The monoisotopic (exact) mass is 216 g/mol. The Morgan fingerprint density at radius 1 is 1.44 bits per heavy atom. The Balaban J connectivity index is 2.51. The molecule has 0 saturated heterocycles. The number of rotatable bonds is 1. The summed E-state index contributed by atoms with van der Waals surface area (Å²) in [5.41, 5.74) is -0.163. The number of ether oxygens (including phenoxy) is 2. The summed E-state index contributed by atoms with van der Waals surface area (Å²) in [7, 11) is 7.41. The molecule has 0 spiro atoms. The van der Waals surface area contributed by atoms with Gasteiger partial charge in [0.15, 0.2) is 5.78 Å². The maximum absolute atomic E-state index is 12.0. The van der Waals surface area contributed by atoms with Gasteiger partial charge < -0.3 is 9.47 Å². The zero-order valence-electron chi connectivity index (χ0n) is 9.61. The molecule has 0 aliphatic carbocycles. The molecule has 0 N–H and O–H groups in total. The van der Waals surface area contributed by atoms with Gasteiger partial charge in [0.1, 0.15) is 17.1 Å². The van der Waals surface area contributed by atoms with Crippen LogP contribution in [0, 0.1) is 0 Å². The van der Waals surface area contributed by atoms with E-state index >= 15 is 0 Å². The molecular formula is C12H13BO3. The summed E-state index contributed by atoms with van der Waals surface area (Å²) in [6.07, 6.45) is 0. The van der Waals surface area contributed by atoms with Crippen LogP contribution in [0.2, 0.25) is 5.82 Å². The zero-order chi connectivity index (χ0) is 11.9. The molecule has 16 heavy (non-hydrogen) atoms. The lowest BCUT2D eigenvalue weighted by Gasteiger charge is -2.37. The molecule has 0 aromatic heterocycles. The zero-order valence-corrected chi connectivity index (χ0v) is 9.61. The molecule has 82 valence electrons. The van der Waals surface area contributed by atoms with Gasteiger partial charge in [-0.15, -0.1) is 0 Å². The molecule has 0 saturated carbocycles. The molecule has 2 rings (SSSR count).